The molecule has 0 saturated heterocycles. The maximum Gasteiger partial charge on any atom is 0.253 e. The van der Waals surface area contributed by atoms with E-state index in [0.717, 1.165) is 18.4 Å². The Labute approximate surface area is 281 Å². The van der Waals surface area contributed by atoms with Crippen LogP contribution in [0.25, 0.3) is 0 Å². The van der Waals surface area contributed by atoms with Crippen LogP contribution in [0.1, 0.15) is 80.1 Å². The van der Waals surface area contributed by atoms with Crippen LogP contribution in [-0.4, -0.2) is 88.1 Å². The van der Waals surface area contributed by atoms with Gasteiger partial charge >= 0.3 is 0 Å². The lowest BCUT2D eigenvalue weighted by molar-refractivity contribution is -0.0224. The summed E-state index contributed by atoms with van der Waals surface area (Å²) < 4.78 is 0. The van der Waals surface area contributed by atoms with Crippen LogP contribution in [0.2, 0.25) is 0 Å². The molecule has 3 rings (SSSR count). The molecule has 11 heteroatoms. The summed E-state index contributed by atoms with van der Waals surface area (Å²) in [5.74, 6) is -1.59. The number of nitrogens with two attached hydrogens (primary N) is 1. The number of primary amides is 1. The van der Waals surface area contributed by atoms with Gasteiger partial charge in [0.15, 0.2) is 0 Å². The van der Waals surface area contributed by atoms with E-state index in [2.05, 4.69) is 10.6 Å². The highest BCUT2D eigenvalue weighted by Crippen LogP contribution is 2.18. The summed E-state index contributed by atoms with van der Waals surface area (Å²) in [4.78, 5) is 54.1. The Hall–Kier alpha value is -4.19. The van der Waals surface area contributed by atoms with Crippen molar-refractivity contribution >= 4 is 35.4 Å². The number of thioether (sulfide) groups is 1. The summed E-state index contributed by atoms with van der Waals surface area (Å²) in [5.41, 5.74) is 6.93. The van der Waals surface area contributed by atoms with E-state index in [4.69, 9.17) is 5.73 Å². The van der Waals surface area contributed by atoms with Crippen LogP contribution in [0.3, 0.4) is 0 Å². The maximum absolute atomic E-state index is 13.8. The number of nitrogens with one attached hydrogen (secondary N) is 2. The van der Waals surface area contributed by atoms with Gasteiger partial charge in [0.05, 0.1) is 12.1 Å². The molecule has 47 heavy (non-hydrogen) atoms. The minimum atomic E-state index is -1.51. The van der Waals surface area contributed by atoms with E-state index in [9.17, 15) is 29.4 Å². The lowest BCUT2D eigenvalue weighted by atomic mass is 9.92. The average molecular weight is 663 g/mol. The van der Waals surface area contributed by atoms with Gasteiger partial charge in [-0.3, -0.25) is 19.2 Å². The molecule has 0 fully saturated rings. The third-order valence-electron chi connectivity index (χ3n) is 7.78. The molecule has 0 aromatic heterocycles. The second-order valence-electron chi connectivity index (χ2n) is 11.4. The summed E-state index contributed by atoms with van der Waals surface area (Å²) >= 11 is 1.53. The zero-order valence-corrected chi connectivity index (χ0v) is 28.0. The minimum Gasteiger partial charge on any atom is -0.388 e. The number of benzene rings is 3. The summed E-state index contributed by atoms with van der Waals surface area (Å²) in [6, 6.07) is 20.0. The van der Waals surface area contributed by atoms with E-state index >= 15 is 0 Å². The fourth-order valence-electron chi connectivity index (χ4n) is 5.33. The molecule has 6 N–H and O–H groups in total. The van der Waals surface area contributed by atoms with Gasteiger partial charge in [-0.15, -0.1) is 0 Å². The number of carbonyl (C=O) groups excluding carboxylic acids is 4. The molecule has 252 valence electrons. The molecule has 0 radical (unpaired) electrons. The first-order valence-electron chi connectivity index (χ1n) is 15.9. The highest BCUT2D eigenvalue weighted by molar-refractivity contribution is 7.98. The highest BCUT2D eigenvalue weighted by Gasteiger charge is 2.34. The van der Waals surface area contributed by atoms with Crippen LogP contribution in [0.4, 0.5) is 0 Å². The van der Waals surface area contributed by atoms with Crippen molar-refractivity contribution in [3.63, 3.8) is 0 Å². The largest absolute Gasteiger partial charge is 0.388 e. The van der Waals surface area contributed by atoms with Crippen molar-refractivity contribution in [3.05, 3.63) is 107 Å². The molecule has 0 aliphatic carbocycles. The topological polar surface area (TPSA) is 162 Å². The minimum absolute atomic E-state index is 0.00473. The zero-order valence-electron chi connectivity index (χ0n) is 27.2. The van der Waals surface area contributed by atoms with Crippen LogP contribution in [-0.2, 0) is 6.42 Å². The Morgan fingerprint density at radius 1 is 0.745 bits per heavy atom. The van der Waals surface area contributed by atoms with Crippen LogP contribution in [0.15, 0.2) is 78.9 Å². The first-order valence-corrected chi connectivity index (χ1v) is 17.3. The molecule has 4 atom stereocenters. The Kier molecular flexibility index (Phi) is 14.9. The lowest BCUT2D eigenvalue weighted by Gasteiger charge is -2.33. The molecule has 0 spiro atoms. The summed E-state index contributed by atoms with van der Waals surface area (Å²) in [7, 11) is 0. The van der Waals surface area contributed by atoms with Crippen LogP contribution in [0, 0.1) is 0 Å². The number of carbonyl (C=O) groups is 4. The molecule has 4 amide bonds. The highest BCUT2D eigenvalue weighted by atomic mass is 32.2. The molecule has 0 bridgehead atoms. The predicted octanol–water partition coefficient (Wildman–Crippen LogP) is 3.66. The molecule has 0 aliphatic rings. The fourth-order valence-corrected chi connectivity index (χ4v) is 5.82. The standard InChI is InChI=1S/C36H46N4O6S/c1-4-17-40(18-5-2)36(46)28-22-26(33(37)43)21-27(23-28)35(45)39-30(20-24-12-8-6-9-13-24)32(42)31(41)29(16-19-47-3)38-34(44)25-14-10-7-11-15-25/h6-15,21-23,29-32,41-42H,4-5,16-20H2,1-3H3,(H2,37,43)(H,38,44)(H,39,45)/t29-,30+,31-,32-/m1/s1. The molecule has 10 nitrogen and oxygen atoms in total. The van der Waals surface area contributed by atoms with Crippen molar-refractivity contribution in [1.29, 1.82) is 0 Å². The molecule has 0 unspecified atom stereocenters. The number of hydrogen-bond acceptors (Lipinski definition) is 7. The van der Waals surface area contributed by atoms with E-state index in [-0.39, 0.29) is 29.0 Å². The van der Waals surface area contributed by atoms with Crippen molar-refractivity contribution in [2.45, 2.75) is 63.8 Å². The molecule has 0 aliphatic heterocycles. The Morgan fingerprint density at radius 2 is 1.26 bits per heavy atom. The van der Waals surface area contributed by atoms with Crippen molar-refractivity contribution in [1.82, 2.24) is 15.5 Å². The number of nitrogens with zero attached hydrogens (tertiary/aromatic N) is 1. The third-order valence-corrected chi connectivity index (χ3v) is 8.42. The Morgan fingerprint density at radius 3 is 1.83 bits per heavy atom. The lowest BCUT2D eigenvalue weighted by Crippen LogP contribution is -2.56. The second kappa shape index (κ2) is 18.8. The first-order chi connectivity index (χ1) is 22.6. The van der Waals surface area contributed by atoms with E-state index in [1.54, 1.807) is 35.2 Å². The smallest absolute Gasteiger partial charge is 0.253 e. The van der Waals surface area contributed by atoms with E-state index < -0.39 is 42.0 Å². The van der Waals surface area contributed by atoms with Gasteiger partial charge in [-0.1, -0.05) is 62.4 Å². The zero-order chi connectivity index (χ0) is 34.3. The van der Waals surface area contributed by atoms with Gasteiger partial charge in [0.25, 0.3) is 17.7 Å². The molecular formula is C36H46N4O6S. The third kappa shape index (κ3) is 10.9. The van der Waals surface area contributed by atoms with Gasteiger partial charge < -0.3 is 31.5 Å². The summed E-state index contributed by atoms with van der Waals surface area (Å²) in [5, 5.41) is 28.8. The summed E-state index contributed by atoms with van der Waals surface area (Å²) in [6.45, 7) is 4.94. The van der Waals surface area contributed by atoms with Gasteiger partial charge in [-0.05, 0) is 73.6 Å². The number of hydrogen-bond donors (Lipinski definition) is 5. The van der Waals surface area contributed by atoms with Gasteiger partial charge in [0, 0.05) is 35.3 Å². The van der Waals surface area contributed by atoms with Gasteiger partial charge in [0.2, 0.25) is 5.91 Å². The average Bonchev–Trinajstić information content (AvgIpc) is 3.09. The van der Waals surface area contributed by atoms with E-state index in [0.29, 0.717) is 30.8 Å². The van der Waals surface area contributed by atoms with Crippen molar-refractivity contribution in [2.75, 3.05) is 25.1 Å². The number of aliphatic hydroxyl groups excluding tert-OH is 2. The Bertz CT molecular complexity index is 1470. The Balaban J connectivity index is 1.94. The quantitative estimate of drug-likeness (QED) is 0.139. The van der Waals surface area contributed by atoms with Crippen molar-refractivity contribution < 1.29 is 29.4 Å². The predicted molar refractivity (Wildman–Crippen MR) is 186 cm³/mol. The fraction of sp³-hybridized carbons (Fsp3) is 0.389. The van der Waals surface area contributed by atoms with Gasteiger partial charge in [-0.2, -0.15) is 11.8 Å². The molecule has 3 aromatic rings. The number of amides is 4. The summed E-state index contributed by atoms with van der Waals surface area (Å²) in [6.07, 6.45) is 0.929. The number of aliphatic hydroxyl groups is 2. The van der Waals surface area contributed by atoms with Crippen LogP contribution in [0.5, 0.6) is 0 Å². The number of rotatable bonds is 18. The van der Waals surface area contributed by atoms with Crippen LogP contribution >= 0.6 is 11.8 Å². The molecule has 3 aromatic carbocycles. The molecule has 0 heterocycles. The van der Waals surface area contributed by atoms with E-state index in [1.807, 2.05) is 50.4 Å². The first kappa shape index (κ1) is 37.3. The van der Waals surface area contributed by atoms with Gasteiger partial charge in [0.1, 0.15) is 12.2 Å². The van der Waals surface area contributed by atoms with Crippen molar-refractivity contribution in [2.24, 2.45) is 5.73 Å². The van der Waals surface area contributed by atoms with Crippen LogP contribution < -0.4 is 16.4 Å². The molecule has 0 saturated carbocycles. The maximum atomic E-state index is 13.8. The van der Waals surface area contributed by atoms with E-state index in [1.165, 1.54) is 30.0 Å². The van der Waals surface area contributed by atoms with Crippen molar-refractivity contribution in [3.8, 4) is 0 Å². The normalized spacial score (nSPS) is 13.6. The monoisotopic (exact) mass is 662 g/mol. The SMILES string of the molecule is CCCN(CCC)C(=O)c1cc(C(N)=O)cc(C(=O)N[C@@H](Cc2ccccc2)[C@@H](O)[C@H](O)[C@@H](CCSC)NC(=O)c2ccccc2)c1. The second-order valence-corrected chi connectivity index (χ2v) is 12.4. The van der Waals surface area contributed by atoms with Gasteiger partial charge in [-0.25, -0.2) is 0 Å². The molecular weight excluding hydrogens is 616 g/mol.